The molecule has 0 spiro atoms. The number of unbranched alkanes of at least 4 members (excludes halogenated alkanes) is 1. The summed E-state index contributed by atoms with van der Waals surface area (Å²) in [5, 5.41) is 3.21. The third-order valence-corrected chi connectivity index (χ3v) is 6.41. The normalized spacial score (nSPS) is 18.4. The van der Waals surface area contributed by atoms with Crippen LogP contribution in [0.4, 0.5) is 0 Å². The predicted octanol–water partition coefficient (Wildman–Crippen LogP) is 2.64. The van der Waals surface area contributed by atoms with Gasteiger partial charge in [-0.1, -0.05) is 24.6 Å². The van der Waals surface area contributed by atoms with Crippen molar-refractivity contribution in [3.8, 4) is 0 Å². The first-order chi connectivity index (χ1) is 12.9. The summed E-state index contributed by atoms with van der Waals surface area (Å²) in [6, 6.07) is 6.04. The molecule has 2 rings (SSSR count). The maximum Gasteiger partial charge on any atom is 0.240 e. The lowest BCUT2D eigenvalue weighted by Crippen LogP contribution is -2.35. The molecule has 152 valence electrons. The summed E-state index contributed by atoms with van der Waals surface area (Å²) in [6.45, 7) is 6.44. The van der Waals surface area contributed by atoms with Gasteiger partial charge in [0.05, 0.1) is 4.90 Å². The Bertz CT molecular complexity index is 712. The van der Waals surface area contributed by atoms with Gasteiger partial charge in [-0.25, -0.2) is 13.1 Å². The van der Waals surface area contributed by atoms with Gasteiger partial charge in [-0.15, -0.1) is 0 Å². The van der Waals surface area contributed by atoms with Crippen molar-refractivity contribution >= 4 is 27.5 Å². The van der Waals surface area contributed by atoms with E-state index in [4.69, 9.17) is 11.6 Å². The van der Waals surface area contributed by atoms with E-state index in [2.05, 4.69) is 21.9 Å². The average molecular weight is 416 g/mol. The van der Waals surface area contributed by atoms with Crippen molar-refractivity contribution in [3.63, 3.8) is 0 Å². The number of rotatable bonds is 10. The molecule has 1 aliphatic rings. The Kier molecular flexibility index (Phi) is 9.02. The molecule has 1 unspecified atom stereocenters. The molecule has 1 heterocycles. The Labute approximate surface area is 167 Å². The zero-order valence-electron chi connectivity index (χ0n) is 15.9. The van der Waals surface area contributed by atoms with Gasteiger partial charge in [-0.3, -0.25) is 4.79 Å². The van der Waals surface area contributed by atoms with E-state index < -0.39 is 10.0 Å². The van der Waals surface area contributed by atoms with E-state index >= 15 is 0 Å². The van der Waals surface area contributed by atoms with E-state index in [0.717, 1.165) is 25.3 Å². The average Bonchev–Trinajstić information content (AvgIpc) is 2.61. The van der Waals surface area contributed by atoms with Gasteiger partial charge in [0.2, 0.25) is 15.9 Å². The van der Waals surface area contributed by atoms with Gasteiger partial charge in [0.15, 0.2) is 0 Å². The number of carbonyl (C=O) groups excluding carboxylic acids is 1. The van der Waals surface area contributed by atoms with Crippen molar-refractivity contribution in [1.29, 1.82) is 0 Å². The van der Waals surface area contributed by atoms with Gasteiger partial charge in [0.25, 0.3) is 0 Å². The van der Waals surface area contributed by atoms with E-state index in [-0.39, 0.29) is 23.8 Å². The minimum Gasteiger partial charge on any atom is -0.356 e. The molecule has 0 saturated carbocycles. The van der Waals surface area contributed by atoms with Crippen LogP contribution in [0.1, 0.15) is 39.0 Å². The summed E-state index contributed by atoms with van der Waals surface area (Å²) in [4.78, 5) is 14.4. The number of amides is 1. The van der Waals surface area contributed by atoms with E-state index in [1.165, 1.54) is 38.1 Å². The minimum absolute atomic E-state index is 0.0619. The monoisotopic (exact) mass is 415 g/mol. The number of likely N-dealkylation sites (tertiary alicyclic amines) is 1. The van der Waals surface area contributed by atoms with Gasteiger partial charge in [-0.2, -0.15) is 0 Å². The Morgan fingerprint density at radius 1 is 1.30 bits per heavy atom. The van der Waals surface area contributed by atoms with Crippen molar-refractivity contribution in [2.45, 2.75) is 43.9 Å². The van der Waals surface area contributed by atoms with Gasteiger partial charge < -0.3 is 10.2 Å². The first-order valence-electron chi connectivity index (χ1n) is 9.61. The SMILES string of the molecule is CC1CCCN(CCCCNC(=O)CCNS(=O)(=O)c2cccc(Cl)c2)C1. The molecule has 1 saturated heterocycles. The largest absolute Gasteiger partial charge is 0.356 e. The van der Waals surface area contributed by atoms with Crippen LogP contribution >= 0.6 is 11.6 Å². The highest BCUT2D eigenvalue weighted by molar-refractivity contribution is 7.89. The molecule has 0 bridgehead atoms. The van der Waals surface area contributed by atoms with Crippen LogP contribution < -0.4 is 10.0 Å². The highest BCUT2D eigenvalue weighted by Crippen LogP contribution is 2.16. The molecule has 1 aliphatic heterocycles. The summed E-state index contributed by atoms with van der Waals surface area (Å²) < 4.78 is 26.7. The van der Waals surface area contributed by atoms with E-state index in [1.54, 1.807) is 12.1 Å². The molecule has 2 N–H and O–H groups in total. The first kappa shape index (κ1) is 22.1. The van der Waals surface area contributed by atoms with Gasteiger partial charge in [0, 0.05) is 31.1 Å². The lowest BCUT2D eigenvalue weighted by atomic mass is 10.0. The van der Waals surface area contributed by atoms with Crippen molar-refractivity contribution < 1.29 is 13.2 Å². The van der Waals surface area contributed by atoms with Crippen LogP contribution in [-0.4, -0.2) is 51.9 Å². The number of hydrogen-bond donors (Lipinski definition) is 2. The molecule has 6 nitrogen and oxygen atoms in total. The number of nitrogens with one attached hydrogen (secondary N) is 2. The van der Waals surface area contributed by atoms with Crippen molar-refractivity contribution in [3.05, 3.63) is 29.3 Å². The second-order valence-electron chi connectivity index (χ2n) is 7.21. The second-order valence-corrected chi connectivity index (χ2v) is 9.41. The van der Waals surface area contributed by atoms with E-state index in [9.17, 15) is 13.2 Å². The molecule has 8 heteroatoms. The number of sulfonamides is 1. The van der Waals surface area contributed by atoms with Crippen LogP contribution in [0, 0.1) is 5.92 Å². The summed E-state index contributed by atoms with van der Waals surface area (Å²) >= 11 is 5.82. The first-order valence-corrected chi connectivity index (χ1v) is 11.5. The molecule has 1 aromatic rings. The number of carbonyl (C=O) groups is 1. The van der Waals surface area contributed by atoms with Crippen molar-refractivity contribution in [2.75, 3.05) is 32.7 Å². The molecule has 1 amide bonds. The Hall–Kier alpha value is -1.15. The number of benzene rings is 1. The van der Waals surface area contributed by atoms with Crippen LogP contribution in [0.25, 0.3) is 0 Å². The molecule has 0 aromatic heterocycles. The maximum absolute atomic E-state index is 12.1. The van der Waals surface area contributed by atoms with Gasteiger partial charge >= 0.3 is 0 Å². The lowest BCUT2D eigenvalue weighted by Gasteiger charge is -2.30. The topological polar surface area (TPSA) is 78.5 Å². The number of piperidine rings is 1. The fraction of sp³-hybridized carbons (Fsp3) is 0.632. The van der Waals surface area contributed by atoms with Crippen molar-refractivity contribution in [1.82, 2.24) is 14.9 Å². The smallest absolute Gasteiger partial charge is 0.240 e. The fourth-order valence-electron chi connectivity index (χ4n) is 3.28. The number of hydrogen-bond acceptors (Lipinski definition) is 4. The zero-order chi connectivity index (χ0) is 19.7. The molecule has 1 atom stereocenters. The fourth-order valence-corrected chi connectivity index (χ4v) is 4.62. The van der Waals surface area contributed by atoms with Crippen LogP contribution in [-0.2, 0) is 14.8 Å². The van der Waals surface area contributed by atoms with Crippen LogP contribution in [0.5, 0.6) is 0 Å². The van der Waals surface area contributed by atoms with Crippen LogP contribution in [0.15, 0.2) is 29.2 Å². The summed E-state index contributed by atoms with van der Waals surface area (Å²) in [5.41, 5.74) is 0. The number of nitrogens with zero attached hydrogens (tertiary/aromatic N) is 1. The van der Waals surface area contributed by atoms with Crippen LogP contribution in [0.2, 0.25) is 5.02 Å². The molecule has 1 fully saturated rings. The zero-order valence-corrected chi connectivity index (χ0v) is 17.5. The Morgan fingerprint density at radius 2 is 2.11 bits per heavy atom. The summed E-state index contributed by atoms with van der Waals surface area (Å²) in [7, 11) is -3.64. The summed E-state index contributed by atoms with van der Waals surface area (Å²) in [6.07, 6.45) is 4.72. The summed E-state index contributed by atoms with van der Waals surface area (Å²) in [5.74, 6) is 0.643. The lowest BCUT2D eigenvalue weighted by molar-refractivity contribution is -0.120. The minimum atomic E-state index is -3.64. The van der Waals surface area contributed by atoms with Crippen molar-refractivity contribution in [2.24, 2.45) is 5.92 Å². The molecule has 27 heavy (non-hydrogen) atoms. The third-order valence-electron chi connectivity index (χ3n) is 4.71. The van der Waals surface area contributed by atoms with E-state index in [1.807, 2.05) is 0 Å². The molecule has 0 radical (unpaired) electrons. The molecule has 1 aromatic carbocycles. The standard InChI is InChI=1S/C19H30ClN3O3S/c1-16-6-5-13-23(15-16)12-3-2-10-21-19(24)9-11-22-27(25,26)18-8-4-7-17(20)14-18/h4,7-8,14,16,22H,2-3,5-6,9-13,15H2,1H3,(H,21,24). The van der Waals surface area contributed by atoms with Gasteiger partial charge in [0.1, 0.15) is 0 Å². The van der Waals surface area contributed by atoms with Gasteiger partial charge in [-0.05, 0) is 62.9 Å². The van der Waals surface area contributed by atoms with E-state index in [0.29, 0.717) is 11.6 Å². The Morgan fingerprint density at radius 3 is 2.85 bits per heavy atom. The third kappa shape index (κ3) is 8.17. The number of halogens is 1. The Balaban J connectivity index is 1.57. The predicted molar refractivity (Wildman–Crippen MR) is 108 cm³/mol. The highest BCUT2D eigenvalue weighted by Gasteiger charge is 2.16. The molecular formula is C19H30ClN3O3S. The maximum atomic E-state index is 12.1. The van der Waals surface area contributed by atoms with Crippen LogP contribution in [0.3, 0.4) is 0 Å². The molecular weight excluding hydrogens is 386 g/mol. The molecule has 0 aliphatic carbocycles. The second kappa shape index (κ2) is 11.0. The highest BCUT2D eigenvalue weighted by atomic mass is 35.5. The quantitative estimate of drug-likeness (QED) is 0.576.